The number of pyridine rings is 1. The Morgan fingerprint density at radius 3 is 2.30 bits per heavy atom. The van der Waals surface area contributed by atoms with E-state index in [0.29, 0.717) is 11.3 Å². The fourth-order valence-electron chi connectivity index (χ4n) is 2.90. The monoisotopic (exact) mass is 515 g/mol. The minimum absolute atomic E-state index is 0.0738. The Balaban J connectivity index is 1.69. The number of esters is 1. The molecule has 0 aliphatic heterocycles. The van der Waals surface area contributed by atoms with Crippen molar-refractivity contribution in [1.82, 2.24) is 4.98 Å². The summed E-state index contributed by atoms with van der Waals surface area (Å²) >= 11 is 0. The van der Waals surface area contributed by atoms with Gasteiger partial charge in [0.25, 0.3) is 0 Å². The van der Waals surface area contributed by atoms with Gasteiger partial charge in [0.05, 0.1) is 0 Å². The molecule has 1 aromatic heterocycles. The van der Waals surface area contributed by atoms with Gasteiger partial charge in [-0.25, -0.2) is 14.6 Å². The third-order valence-corrected chi connectivity index (χ3v) is 4.30. The molecule has 2 amide bonds. The molecule has 0 unspecified atom stereocenters. The lowest BCUT2D eigenvalue weighted by Crippen LogP contribution is -2.22. The Labute approximate surface area is 211 Å². The van der Waals surface area contributed by atoms with Crippen LogP contribution in [0.1, 0.15) is 26.3 Å². The zero-order valence-electron chi connectivity index (χ0n) is 20.1. The van der Waals surface area contributed by atoms with Crippen LogP contribution in [0.4, 0.5) is 29.3 Å². The lowest BCUT2D eigenvalue weighted by Gasteiger charge is -2.18. The molecule has 0 spiro atoms. The molecular formula is C26H24F3N3O5. The van der Waals surface area contributed by atoms with E-state index in [4.69, 9.17) is 9.47 Å². The molecule has 194 valence electrons. The van der Waals surface area contributed by atoms with E-state index in [9.17, 15) is 22.8 Å². The highest BCUT2D eigenvalue weighted by Gasteiger charge is 2.31. The first kappa shape index (κ1) is 27.1. The van der Waals surface area contributed by atoms with Gasteiger partial charge in [0.2, 0.25) is 5.88 Å². The molecule has 0 fully saturated rings. The number of carbonyl (C=O) groups is 2. The van der Waals surface area contributed by atoms with Crippen molar-refractivity contribution in [1.29, 1.82) is 0 Å². The lowest BCUT2D eigenvalue weighted by molar-refractivity contribution is -0.274. The van der Waals surface area contributed by atoms with E-state index in [0.717, 1.165) is 12.1 Å². The van der Waals surface area contributed by atoms with Gasteiger partial charge >= 0.3 is 18.4 Å². The second-order valence-corrected chi connectivity index (χ2v) is 8.51. The fourth-order valence-corrected chi connectivity index (χ4v) is 2.90. The first-order valence-electron chi connectivity index (χ1n) is 10.9. The van der Waals surface area contributed by atoms with Crippen molar-refractivity contribution in [3.63, 3.8) is 0 Å². The number of alkyl halides is 3. The Morgan fingerprint density at radius 1 is 0.919 bits per heavy atom. The van der Waals surface area contributed by atoms with Crippen LogP contribution in [0.5, 0.6) is 17.4 Å². The topological polar surface area (TPSA) is 98.8 Å². The first-order chi connectivity index (χ1) is 17.4. The number of carbonyl (C=O) groups excluding carboxylic acids is 2. The smallest absolute Gasteiger partial charge is 0.457 e. The van der Waals surface area contributed by atoms with E-state index < -0.39 is 29.7 Å². The summed E-state index contributed by atoms with van der Waals surface area (Å²) in [6, 6.07) is 14.0. The van der Waals surface area contributed by atoms with Crippen LogP contribution in [-0.2, 0) is 9.53 Å². The third-order valence-electron chi connectivity index (χ3n) is 4.30. The molecule has 11 heteroatoms. The summed E-state index contributed by atoms with van der Waals surface area (Å²) < 4.78 is 51.9. The lowest BCUT2D eigenvalue weighted by atomic mass is 10.2. The number of nitrogens with zero attached hydrogens (tertiary/aromatic N) is 1. The second-order valence-electron chi connectivity index (χ2n) is 8.51. The van der Waals surface area contributed by atoms with Crippen molar-refractivity contribution < 1.29 is 37.0 Å². The number of halogens is 3. The molecule has 0 atom stereocenters. The fraction of sp³-hybridized carbons (Fsp3) is 0.192. The predicted molar refractivity (Wildman–Crippen MR) is 131 cm³/mol. The maximum atomic E-state index is 12.5. The maximum Gasteiger partial charge on any atom is 0.573 e. The third kappa shape index (κ3) is 9.21. The summed E-state index contributed by atoms with van der Waals surface area (Å²) in [6.45, 7) is 5.29. The highest BCUT2D eigenvalue weighted by atomic mass is 19.4. The summed E-state index contributed by atoms with van der Waals surface area (Å²) in [4.78, 5) is 28.7. The SMILES string of the molecule is CC(C)(C)OC(=O)C=Cc1ccccc1Oc1ncccc1NC(=O)Nc1ccc(OC(F)(F)F)cc1. The van der Waals surface area contributed by atoms with Crippen LogP contribution < -0.4 is 20.1 Å². The number of urea groups is 1. The Kier molecular flexibility index (Phi) is 8.38. The number of rotatable bonds is 7. The quantitative estimate of drug-likeness (QED) is 0.266. The van der Waals surface area contributed by atoms with Crippen molar-refractivity contribution in [2.45, 2.75) is 32.7 Å². The Morgan fingerprint density at radius 2 is 1.62 bits per heavy atom. The van der Waals surface area contributed by atoms with Gasteiger partial charge in [-0.3, -0.25) is 0 Å². The molecule has 2 N–H and O–H groups in total. The molecular weight excluding hydrogens is 491 g/mol. The molecule has 3 aromatic rings. The Hall–Kier alpha value is -4.54. The van der Waals surface area contributed by atoms with Gasteiger partial charge in [-0.15, -0.1) is 13.2 Å². The normalized spacial score (nSPS) is 11.6. The zero-order chi connectivity index (χ0) is 27.1. The van der Waals surface area contributed by atoms with Crippen molar-refractivity contribution in [3.8, 4) is 17.4 Å². The maximum absolute atomic E-state index is 12.5. The van der Waals surface area contributed by atoms with E-state index in [2.05, 4.69) is 20.4 Å². The molecule has 0 radical (unpaired) electrons. The number of hydrogen-bond donors (Lipinski definition) is 2. The van der Waals surface area contributed by atoms with Crippen molar-refractivity contribution >= 4 is 29.5 Å². The van der Waals surface area contributed by atoms with Crippen LogP contribution in [0.15, 0.2) is 72.9 Å². The molecule has 0 saturated heterocycles. The summed E-state index contributed by atoms with van der Waals surface area (Å²) in [6.07, 6.45) is -0.522. The van der Waals surface area contributed by atoms with Gasteiger partial charge in [0, 0.05) is 23.5 Å². The molecule has 0 aliphatic carbocycles. The average molecular weight is 515 g/mol. The largest absolute Gasteiger partial charge is 0.573 e. The highest BCUT2D eigenvalue weighted by molar-refractivity contribution is 6.00. The van der Waals surface area contributed by atoms with Gasteiger partial charge in [-0.2, -0.15) is 0 Å². The summed E-state index contributed by atoms with van der Waals surface area (Å²) in [7, 11) is 0. The van der Waals surface area contributed by atoms with E-state index in [1.165, 1.54) is 30.5 Å². The van der Waals surface area contributed by atoms with Crippen molar-refractivity contribution in [2.24, 2.45) is 0 Å². The zero-order valence-corrected chi connectivity index (χ0v) is 20.1. The number of ether oxygens (including phenoxy) is 3. The molecule has 37 heavy (non-hydrogen) atoms. The first-order valence-corrected chi connectivity index (χ1v) is 10.9. The van der Waals surface area contributed by atoms with Crippen molar-refractivity contribution in [2.75, 3.05) is 10.6 Å². The van der Waals surface area contributed by atoms with Crippen LogP contribution >= 0.6 is 0 Å². The average Bonchev–Trinajstić information content (AvgIpc) is 2.79. The van der Waals surface area contributed by atoms with Crippen LogP contribution in [0.3, 0.4) is 0 Å². The number of hydrogen-bond acceptors (Lipinski definition) is 6. The summed E-state index contributed by atoms with van der Waals surface area (Å²) in [5.41, 5.74) is 0.389. The summed E-state index contributed by atoms with van der Waals surface area (Å²) in [5, 5.41) is 5.09. The molecule has 2 aromatic carbocycles. The van der Waals surface area contributed by atoms with E-state index in [-0.39, 0.29) is 17.3 Å². The molecule has 8 nitrogen and oxygen atoms in total. The van der Waals surface area contributed by atoms with Gasteiger partial charge in [0.15, 0.2) is 0 Å². The number of aromatic nitrogens is 1. The summed E-state index contributed by atoms with van der Waals surface area (Å²) in [5.74, 6) is -0.493. The standard InChI is InChI=1S/C26H24F3N3O5/c1-25(2,3)37-22(33)15-10-17-7-4-5-9-21(17)35-23-20(8-6-16-30-23)32-24(34)31-18-11-13-19(14-12-18)36-26(27,28)29/h4-16H,1-3H3,(H2,31,32,34). The predicted octanol–water partition coefficient (Wildman–Crippen LogP) is 6.77. The number of nitrogens with one attached hydrogen (secondary N) is 2. The van der Waals surface area contributed by atoms with Gasteiger partial charge in [-0.1, -0.05) is 18.2 Å². The van der Waals surface area contributed by atoms with Gasteiger partial charge in [0.1, 0.15) is 22.8 Å². The molecule has 0 bridgehead atoms. The number of anilines is 2. The minimum Gasteiger partial charge on any atom is -0.457 e. The van der Waals surface area contributed by atoms with E-state index in [1.54, 1.807) is 57.2 Å². The van der Waals surface area contributed by atoms with Crippen LogP contribution in [-0.4, -0.2) is 28.9 Å². The molecule has 1 heterocycles. The van der Waals surface area contributed by atoms with Crippen molar-refractivity contribution in [3.05, 3.63) is 78.5 Å². The van der Waals surface area contributed by atoms with E-state index >= 15 is 0 Å². The molecule has 0 aliphatic rings. The molecule has 0 saturated carbocycles. The Bertz CT molecular complexity index is 1270. The van der Waals surface area contributed by atoms with Crippen LogP contribution in [0.25, 0.3) is 6.08 Å². The second kappa shape index (κ2) is 11.5. The number of benzene rings is 2. The highest BCUT2D eigenvalue weighted by Crippen LogP contribution is 2.30. The molecule has 3 rings (SSSR count). The van der Waals surface area contributed by atoms with Crippen LogP contribution in [0, 0.1) is 0 Å². The number of para-hydroxylation sites is 1. The number of amides is 2. The minimum atomic E-state index is -4.81. The van der Waals surface area contributed by atoms with Crippen LogP contribution in [0.2, 0.25) is 0 Å². The van der Waals surface area contributed by atoms with Gasteiger partial charge < -0.3 is 24.8 Å². The van der Waals surface area contributed by atoms with E-state index in [1.807, 2.05) is 0 Å². The van der Waals surface area contributed by atoms with Gasteiger partial charge in [-0.05, 0) is 69.3 Å².